The van der Waals surface area contributed by atoms with Gasteiger partial charge in [-0.05, 0) is 12.0 Å². The van der Waals surface area contributed by atoms with Crippen molar-refractivity contribution in [1.82, 2.24) is 14.9 Å². The zero-order valence-electron chi connectivity index (χ0n) is 12.8. The lowest BCUT2D eigenvalue weighted by Crippen LogP contribution is -2.26. The van der Waals surface area contributed by atoms with Crippen molar-refractivity contribution >= 4 is 6.08 Å². The summed E-state index contributed by atoms with van der Waals surface area (Å²) in [5, 5.41) is 0. The third-order valence-electron chi connectivity index (χ3n) is 4.31. The van der Waals surface area contributed by atoms with E-state index in [1.54, 1.807) is 0 Å². The van der Waals surface area contributed by atoms with Gasteiger partial charge in [0.05, 0.1) is 17.9 Å². The predicted molar refractivity (Wildman–Crippen MR) is 87.5 cm³/mol. The minimum atomic E-state index is 0.767. The lowest BCUT2D eigenvalue weighted by Gasteiger charge is -2.26. The van der Waals surface area contributed by atoms with E-state index >= 15 is 0 Å². The predicted octanol–water partition coefficient (Wildman–Crippen LogP) is 4.30. The lowest BCUT2D eigenvalue weighted by molar-refractivity contribution is 0.286. The molecular weight excluding hydrogens is 258 g/mol. The Kier molecular flexibility index (Phi) is 4.09. The number of hydrogen-bond acceptors (Lipinski definition) is 2. The molecular formula is C18H23N3. The van der Waals surface area contributed by atoms with E-state index in [2.05, 4.69) is 48.1 Å². The van der Waals surface area contributed by atoms with Gasteiger partial charge in [-0.25, -0.2) is 4.98 Å². The van der Waals surface area contributed by atoms with Crippen LogP contribution in [0.2, 0.25) is 0 Å². The van der Waals surface area contributed by atoms with Crippen LogP contribution in [-0.2, 0) is 6.54 Å². The van der Waals surface area contributed by atoms with E-state index < -0.39 is 0 Å². The Balaban J connectivity index is 1.76. The number of benzene rings is 1. The van der Waals surface area contributed by atoms with Gasteiger partial charge < -0.3 is 9.88 Å². The van der Waals surface area contributed by atoms with E-state index in [9.17, 15) is 0 Å². The lowest BCUT2D eigenvalue weighted by atomic mass is 10.0. The third-order valence-corrected chi connectivity index (χ3v) is 4.31. The number of aromatic amines is 1. The average Bonchev–Trinajstić information content (AvgIpc) is 2.96. The standard InChI is InChI=1S/C18H23N3/c1-3-14(4-2)12-21-11-10-16-17(13-21)20-18(19-16)15-8-6-5-7-9-15/h5-11,14H,3-4,12-13H2,1-2H3,(H,19,20). The number of nitrogens with one attached hydrogen (secondary N) is 1. The molecule has 0 saturated carbocycles. The quantitative estimate of drug-likeness (QED) is 0.886. The fourth-order valence-corrected chi connectivity index (χ4v) is 2.84. The Morgan fingerprint density at radius 3 is 2.67 bits per heavy atom. The molecule has 110 valence electrons. The first-order valence-corrected chi connectivity index (χ1v) is 7.86. The number of aromatic nitrogens is 2. The minimum Gasteiger partial charge on any atom is -0.371 e. The normalized spacial score (nSPS) is 13.8. The Hall–Kier alpha value is -2.03. The van der Waals surface area contributed by atoms with Crippen LogP contribution < -0.4 is 0 Å². The molecule has 0 unspecified atom stereocenters. The van der Waals surface area contributed by atoms with Crippen LogP contribution in [0.25, 0.3) is 17.5 Å². The van der Waals surface area contributed by atoms with Crippen LogP contribution in [0.5, 0.6) is 0 Å². The van der Waals surface area contributed by atoms with Crippen molar-refractivity contribution < 1.29 is 0 Å². The van der Waals surface area contributed by atoms with Gasteiger partial charge >= 0.3 is 0 Å². The molecule has 1 aliphatic heterocycles. The van der Waals surface area contributed by atoms with Crippen LogP contribution in [0.15, 0.2) is 36.5 Å². The monoisotopic (exact) mass is 281 g/mol. The summed E-state index contributed by atoms with van der Waals surface area (Å²) in [4.78, 5) is 10.6. The molecule has 0 aliphatic carbocycles. The van der Waals surface area contributed by atoms with Crippen LogP contribution in [0.4, 0.5) is 0 Å². The second kappa shape index (κ2) is 6.17. The van der Waals surface area contributed by atoms with Gasteiger partial charge in [0, 0.05) is 18.3 Å². The Morgan fingerprint density at radius 2 is 1.95 bits per heavy atom. The van der Waals surface area contributed by atoms with Gasteiger partial charge in [0.2, 0.25) is 0 Å². The minimum absolute atomic E-state index is 0.767. The largest absolute Gasteiger partial charge is 0.371 e. The zero-order chi connectivity index (χ0) is 14.7. The molecule has 0 atom stereocenters. The molecule has 3 heteroatoms. The van der Waals surface area contributed by atoms with Crippen LogP contribution in [0.3, 0.4) is 0 Å². The molecule has 2 heterocycles. The summed E-state index contributed by atoms with van der Waals surface area (Å²) in [5.41, 5.74) is 3.45. The molecule has 2 aromatic rings. The molecule has 1 N–H and O–H groups in total. The molecule has 0 saturated heterocycles. The second-order valence-corrected chi connectivity index (χ2v) is 5.74. The van der Waals surface area contributed by atoms with Gasteiger partial charge in [-0.1, -0.05) is 57.0 Å². The van der Waals surface area contributed by atoms with Crippen molar-refractivity contribution in [3.8, 4) is 11.4 Å². The van der Waals surface area contributed by atoms with Crippen LogP contribution in [0, 0.1) is 5.92 Å². The van der Waals surface area contributed by atoms with Crippen molar-refractivity contribution in [1.29, 1.82) is 0 Å². The van der Waals surface area contributed by atoms with Crippen LogP contribution >= 0.6 is 0 Å². The average molecular weight is 281 g/mol. The SMILES string of the molecule is CCC(CC)CN1C=Cc2[nH]c(-c3ccccc3)nc2C1. The van der Waals surface area contributed by atoms with Crippen molar-refractivity contribution in [3.63, 3.8) is 0 Å². The Labute approximate surface area is 126 Å². The number of H-pyrrole nitrogens is 1. The number of fused-ring (bicyclic) bond motifs is 1. The first-order valence-electron chi connectivity index (χ1n) is 7.86. The van der Waals surface area contributed by atoms with E-state index in [1.807, 2.05) is 18.2 Å². The maximum Gasteiger partial charge on any atom is 0.138 e. The third kappa shape index (κ3) is 3.02. The van der Waals surface area contributed by atoms with E-state index in [-0.39, 0.29) is 0 Å². The highest BCUT2D eigenvalue weighted by molar-refractivity contribution is 5.60. The molecule has 0 spiro atoms. The van der Waals surface area contributed by atoms with Gasteiger partial charge in [-0.15, -0.1) is 0 Å². The summed E-state index contributed by atoms with van der Waals surface area (Å²) in [7, 11) is 0. The number of hydrogen-bond donors (Lipinski definition) is 1. The molecule has 3 rings (SSSR count). The fourth-order valence-electron chi connectivity index (χ4n) is 2.84. The maximum atomic E-state index is 4.78. The van der Waals surface area contributed by atoms with Crippen molar-refractivity contribution in [2.45, 2.75) is 33.2 Å². The molecule has 0 amide bonds. The fraction of sp³-hybridized carbons (Fsp3) is 0.389. The molecule has 1 aromatic carbocycles. The number of rotatable bonds is 5. The Bertz CT molecular complexity index is 609. The first-order chi connectivity index (χ1) is 10.3. The van der Waals surface area contributed by atoms with Crippen molar-refractivity contribution in [2.75, 3.05) is 6.54 Å². The number of nitrogens with zero attached hydrogens (tertiary/aromatic N) is 2. The zero-order valence-corrected chi connectivity index (χ0v) is 12.8. The Morgan fingerprint density at radius 1 is 1.19 bits per heavy atom. The van der Waals surface area contributed by atoms with Crippen LogP contribution in [0.1, 0.15) is 38.1 Å². The van der Waals surface area contributed by atoms with E-state index in [4.69, 9.17) is 4.98 Å². The smallest absolute Gasteiger partial charge is 0.138 e. The van der Waals surface area contributed by atoms with E-state index in [0.717, 1.165) is 41.8 Å². The molecule has 1 aliphatic rings. The second-order valence-electron chi connectivity index (χ2n) is 5.74. The topological polar surface area (TPSA) is 31.9 Å². The highest BCUT2D eigenvalue weighted by Gasteiger charge is 2.17. The summed E-state index contributed by atoms with van der Waals surface area (Å²) < 4.78 is 0. The van der Waals surface area contributed by atoms with Crippen LogP contribution in [-0.4, -0.2) is 21.4 Å². The van der Waals surface area contributed by atoms with Gasteiger partial charge in [-0.2, -0.15) is 0 Å². The van der Waals surface area contributed by atoms with E-state index in [0.29, 0.717) is 0 Å². The molecule has 3 nitrogen and oxygen atoms in total. The maximum absolute atomic E-state index is 4.78. The molecule has 0 fully saturated rings. The highest BCUT2D eigenvalue weighted by atomic mass is 15.1. The summed E-state index contributed by atoms with van der Waals surface area (Å²) in [6, 6.07) is 10.3. The molecule has 1 aromatic heterocycles. The molecule has 0 bridgehead atoms. The molecule has 0 radical (unpaired) electrons. The van der Waals surface area contributed by atoms with Gasteiger partial charge in [0.1, 0.15) is 5.82 Å². The van der Waals surface area contributed by atoms with Crippen molar-refractivity contribution in [2.24, 2.45) is 5.92 Å². The summed E-state index contributed by atoms with van der Waals surface area (Å²) in [6.45, 7) is 6.58. The molecule has 21 heavy (non-hydrogen) atoms. The number of imidazole rings is 1. The first kappa shape index (κ1) is 13.9. The summed E-state index contributed by atoms with van der Waals surface area (Å²) in [6.07, 6.45) is 6.83. The van der Waals surface area contributed by atoms with Gasteiger partial charge in [0.25, 0.3) is 0 Å². The van der Waals surface area contributed by atoms with Crippen molar-refractivity contribution in [3.05, 3.63) is 47.9 Å². The summed E-state index contributed by atoms with van der Waals surface area (Å²) in [5.74, 6) is 1.73. The summed E-state index contributed by atoms with van der Waals surface area (Å²) >= 11 is 0. The van der Waals surface area contributed by atoms with E-state index in [1.165, 1.54) is 12.8 Å². The highest BCUT2D eigenvalue weighted by Crippen LogP contribution is 2.24. The van der Waals surface area contributed by atoms with Gasteiger partial charge in [-0.3, -0.25) is 0 Å². The van der Waals surface area contributed by atoms with Gasteiger partial charge in [0.15, 0.2) is 0 Å².